The molecule has 4 nitrogen and oxygen atoms in total. The van der Waals surface area contributed by atoms with Gasteiger partial charge in [0.2, 0.25) is 0 Å². The van der Waals surface area contributed by atoms with Crippen molar-refractivity contribution in [2.45, 2.75) is 61.6 Å². The van der Waals surface area contributed by atoms with Gasteiger partial charge in [-0.05, 0) is 59.6 Å². The fourth-order valence-electron chi connectivity index (χ4n) is 4.17. The Labute approximate surface area is 221 Å². The minimum absolute atomic E-state index is 0.180. The van der Waals surface area contributed by atoms with E-state index in [1.165, 1.54) is 21.6 Å². The van der Waals surface area contributed by atoms with E-state index >= 15 is 0 Å². The molecule has 36 heavy (non-hydrogen) atoms. The average Bonchev–Trinajstić information content (AvgIpc) is 2.87. The van der Waals surface area contributed by atoms with Crippen molar-refractivity contribution in [1.29, 1.82) is 0 Å². The molecule has 6 heteroatoms. The van der Waals surface area contributed by atoms with E-state index in [9.17, 15) is 0 Å². The SMILES string of the molecule is COc1ccc(SC2COc3cc(OC)ccc3C2c2cccc(CO[Si](C)(C)C(C)(C)C)c2)cc1. The first-order valence-electron chi connectivity index (χ1n) is 12.5. The van der Waals surface area contributed by atoms with E-state index < -0.39 is 8.32 Å². The van der Waals surface area contributed by atoms with Crippen LogP contribution in [-0.4, -0.2) is 34.4 Å². The van der Waals surface area contributed by atoms with Gasteiger partial charge in [-0.1, -0.05) is 51.1 Å². The van der Waals surface area contributed by atoms with Gasteiger partial charge in [0, 0.05) is 22.4 Å². The average molecular weight is 523 g/mol. The highest BCUT2D eigenvalue weighted by Crippen LogP contribution is 2.46. The van der Waals surface area contributed by atoms with Crippen LogP contribution >= 0.6 is 11.8 Å². The number of hydrogen-bond donors (Lipinski definition) is 0. The van der Waals surface area contributed by atoms with Crippen LogP contribution in [0.1, 0.15) is 43.4 Å². The molecule has 2 atom stereocenters. The Morgan fingerprint density at radius 1 is 0.917 bits per heavy atom. The van der Waals surface area contributed by atoms with Crippen molar-refractivity contribution in [2.24, 2.45) is 0 Å². The smallest absolute Gasteiger partial charge is 0.192 e. The van der Waals surface area contributed by atoms with Crippen molar-refractivity contribution >= 4 is 20.1 Å². The van der Waals surface area contributed by atoms with E-state index in [4.69, 9.17) is 18.6 Å². The molecule has 0 amide bonds. The van der Waals surface area contributed by atoms with E-state index in [2.05, 4.69) is 76.3 Å². The van der Waals surface area contributed by atoms with Gasteiger partial charge < -0.3 is 18.6 Å². The Hall–Kier alpha value is -2.41. The van der Waals surface area contributed by atoms with Gasteiger partial charge in [-0.15, -0.1) is 11.8 Å². The maximum Gasteiger partial charge on any atom is 0.192 e. The molecule has 1 heterocycles. The summed E-state index contributed by atoms with van der Waals surface area (Å²) in [6.07, 6.45) is 0. The highest BCUT2D eigenvalue weighted by Gasteiger charge is 2.37. The topological polar surface area (TPSA) is 36.9 Å². The Kier molecular flexibility index (Phi) is 8.08. The van der Waals surface area contributed by atoms with Gasteiger partial charge in [-0.3, -0.25) is 0 Å². The van der Waals surface area contributed by atoms with Gasteiger partial charge in [0.1, 0.15) is 23.9 Å². The van der Waals surface area contributed by atoms with Crippen molar-refractivity contribution < 1.29 is 18.6 Å². The molecular weight excluding hydrogens is 484 g/mol. The zero-order valence-corrected chi connectivity index (χ0v) is 24.3. The lowest BCUT2D eigenvalue weighted by Gasteiger charge is -2.36. The van der Waals surface area contributed by atoms with E-state index in [0.29, 0.717) is 13.2 Å². The molecule has 0 saturated heterocycles. The van der Waals surface area contributed by atoms with Crippen molar-refractivity contribution in [3.8, 4) is 17.2 Å². The normalized spacial score (nSPS) is 17.8. The third-order valence-electron chi connectivity index (χ3n) is 7.39. The van der Waals surface area contributed by atoms with Crippen molar-refractivity contribution in [3.05, 3.63) is 83.4 Å². The first-order valence-corrected chi connectivity index (χ1v) is 16.2. The van der Waals surface area contributed by atoms with Crippen molar-refractivity contribution in [2.75, 3.05) is 20.8 Å². The lowest BCUT2D eigenvalue weighted by atomic mass is 9.85. The monoisotopic (exact) mass is 522 g/mol. The van der Waals surface area contributed by atoms with Gasteiger partial charge in [0.05, 0.1) is 26.1 Å². The summed E-state index contributed by atoms with van der Waals surface area (Å²) in [5, 5.41) is 0.402. The van der Waals surface area contributed by atoms with Crippen LogP contribution in [-0.2, 0) is 11.0 Å². The van der Waals surface area contributed by atoms with Crippen LogP contribution < -0.4 is 14.2 Å². The Morgan fingerprint density at radius 3 is 2.28 bits per heavy atom. The van der Waals surface area contributed by atoms with E-state index in [1.54, 1.807) is 14.2 Å². The van der Waals surface area contributed by atoms with Crippen LogP contribution in [0.4, 0.5) is 0 Å². The van der Waals surface area contributed by atoms with E-state index in [-0.39, 0.29) is 16.2 Å². The molecule has 1 aliphatic heterocycles. The summed E-state index contributed by atoms with van der Waals surface area (Å²) >= 11 is 1.85. The highest BCUT2D eigenvalue weighted by atomic mass is 32.2. The molecule has 0 fully saturated rings. The molecule has 2 unspecified atom stereocenters. The molecule has 0 aromatic heterocycles. The number of methoxy groups -OCH3 is 2. The molecule has 0 bridgehead atoms. The fraction of sp³-hybridized carbons (Fsp3) is 0.400. The maximum atomic E-state index is 6.55. The summed E-state index contributed by atoms with van der Waals surface area (Å²) in [5.41, 5.74) is 3.69. The van der Waals surface area contributed by atoms with Crippen molar-refractivity contribution in [1.82, 2.24) is 0 Å². The third kappa shape index (κ3) is 5.93. The quantitative estimate of drug-likeness (QED) is 0.281. The van der Waals surface area contributed by atoms with E-state index in [1.807, 2.05) is 36.0 Å². The molecule has 0 radical (unpaired) electrons. The first-order chi connectivity index (χ1) is 17.1. The summed E-state index contributed by atoms with van der Waals surface area (Å²) in [6, 6.07) is 23.3. The largest absolute Gasteiger partial charge is 0.497 e. The predicted molar refractivity (Wildman–Crippen MR) is 151 cm³/mol. The molecule has 3 aromatic rings. The summed E-state index contributed by atoms with van der Waals surface area (Å²) in [5.74, 6) is 2.75. The molecule has 0 N–H and O–H groups in total. The zero-order valence-electron chi connectivity index (χ0n) is 22.5. The molecule has 1 aliphatic rings. The number of benzene rings is 3. The van der Waals surface area contributed by atoms with Crippen LogP contribution in [0.2, 0.25) is 18.1 Å². The summed E-state index contributed by atoms with van der Waals surface area (Å²) < 4.78 is 23.6. The standard InChI is InChI=1S/C30H38O4SSi/c1-30(2,3)36(6,7)34-19-21-9-8-10-22(17-21)29-26-16-13-24(32-5)18-27(26)33-20-28(29)35-25-14-11-23(31-4)12-15-25/h8-18,28-29H,19-20H2,1-7H3. The Bertz CT molecular complexity index is 1170. The van der Waals surface area contributed by atoms with E-state index in [0.717, 1.165) is 17.2 Å². The molecule has 4 rings (SSSR count). The minimum Gasteiger partial charge on any atom is -0.497 e. The predicted octanol–water partition coefficient (Wildman–Crippen LogP) is 7.91. The van der Waals surface area contributed by atoms with Crippen LogP contribution in [0.5, 0.6) is 17.2 Å². The summed E-state index contributed by atoms with van der Waals surface area (Å²) in [7, 11) is 1.55. The second-order valence-electron chi connectivity index (χ2n) is 10.8. The highest BCUT2D eigenvalue weighted by molar-refractivity contribution is 8.00. The van der Waals surface area contributed by atoms with Crippen LogP contribution in [0.15, 0.2) is 71.6 Å². The summed E-state index contributed by atoms with van der Waals surface area (Å²) in [6.45, 7) is 12.7. The lowest BCUT2D eigenvalue weighted by molar-refractivity contribution is 0.275. The van der Waals surface area contributed by atoms with Gasteiger partial charge in [-0.2, -0.15) is 0 Å². The maximum absolute atomic E-state index is 6.55. The Balaban J connectivity index is 1.66. The second-order valence-corrected chi connectivity index (χ2v) is 16.9. The van der Waals surface area contributed by atoms with Crippen LogP contribution in [0.25, 0.3) is 0 Å². The van der Waals surface area contributed by atoms with Gasteiger partial charge in [-0.25, -0.2) is 0 Å². The zero-order chi connectivity index (χ0) is 25.9. The number of ether oxygens (including phenoxy) is 3. The number of rotatable bonds is 8. The fourth-order valence-corrected chi connectivity index (χ4v) is 6.35. The molecule has 0 saturated carbocycles. The number of hydrogen-bond acceptors (Lipinski definition) is 5. The molecule has 0 spiro atoms. The summed E-state index contributed by atoms with van der Waals surface area (Å²) in [4.78, 5) is 1.20. The molecule has 0 aliphatic carbocycles. The van der Waals surface area contributed by atoms with Gasteiger partial charge in [0.25, 0.3) is 0 Å². The van der Waals surface area contributed by atoms with Crippen molar-refractivity contribution in [3.63, 3.8) is 0 Å². The number of fused-ring (bicyclic) bond motifs is 1. The van der Waals surface area contributed by atoms with Gasteiger partial charge in [0.15, 0.2) is 8.32 Å². The second kappa shape index (κ2) is 10.9. The van der Waals surface area contributed by atoms with Crippen LogP contribution in [0, 0.1) is 0 Å². The lowest BCUT2D eigenvalue weighted by Crippen LogP contribution is -2.40. The first kappa shape index (κ1) is 26.6. The molecular formula is C30H38O4SSi. The number of thioether (sulfide) groups is 1. The van der Waals surface area contributed by atoms with Crippen LogP contribution in [0.3, 0.4) is 0 Å². The molecule has 192 valence electrons. The Morgan fingerprint density at radius 2 is 1.61 bits per heavy atom. The molecule has 3 aromatic carbocycles. The van der Waals surface area contributed by atoms with Gasteiger partial charge >= 0.3 is 0 Å². The minimum atomic E-state index is -1.83. The third-order valence-corrected chi connectivity index (χ3v) is 13.1.